The molecule has 2 nitrogen and oxygen atoms in total. The first kappa shape index (κ1) is 15.7. The molecule has 0 radical (unpaired) electrons. The summed E-state index contributed by atoms with van der Waals surface area (Å²) < 4.78 is 0. The third-order valence-electron chi connectivity index (χ3n) is 3.42. The molecule has 0 saturated carbocycles. The fourth-order valence-electron chi connectivity index (χ4n) is 2.12. The van der Waals surface area contributed by atoms with Crippen molar-refractivity contribution < 1.29 is 0 Å². The summed E-state index contributed by atoms with van der Waals surface area (Å²) in [5, 5.41) is 12.1. The van der Waals surface area contributed by atoms with E-state index in [-0.39, 0.29) is 11.5 Å². The lowest BCUT2D eigenvalue weighted by molar-refractivity contribution is 0.457. The molecule has 1 aromatic rings. The van der Waals surface area contributed by atoms with Crippen LogP contribution in [0.2, 0.25) is 0 Å². The maximum atomic E-state index is 8.81. The summed E-state index contributed by atoms with van der Waals surface area (Å²) in [6.07, 6.45) is 1.13. The van der Waals surface area contributed by atoms with Crippen LogP contribution in [-0.4, -0.2) is 12.6 Å². The number of benzene rings is 1. The topological polar surface area (TPSA) is 35.8 Å². The third kappa shape index (κ3) is 5.04. The Morgan fingerprint density at radius 1 is 1.16 bits per heavy atom. The molecule has 0 aromatic heterocycles. The van der Waals surface area contributed by atoms with Crippen LogP contribution < -0.4 is 5.32 Å². The Bertz CT molecular complexity index is 424. The molecule has 0 heterocycles. The zero-order valence-corrected chi connectivity index (χ0v) is 12.8. The van der Waals surface area contributed by atoms with Crippen molar-refractivity contribution in [2.45, 2.75) is 52.5 Å². The molecule has 104 valence electrons. The molecule has 1 aromatic carbocycles. The van der Waals surface area contributed by atoms with E-state index in [0.29, 0.717) is 5.92 Å². The van der Waals surface area contributed by atoms with Crippen molar-refractivity contribution in [3.8, 4) is 6.07 Å². The Morgan fingerprint density at radius 2 is 1.74 bits per heavy atom. The SMILES string of the molecule is CC(C)Cc1ccc(C(C)(C)CNC(C)C#N)cc1. The lowest BCUT2D eigenvalue weighted by atomic mass is 9.83. The van der Waals surface area contributed by atoms with Gasteiger partial charge in [-0.2, -0.15) is 5.26 Å². The van der Waals surface area contributed by atoms with Crippen LogP contribution in [0.1, 0.15) is 45.7 Å². The molecule has 0 saturated heterocycles. The molecule has 1 rings (SSSR count). The van der Waals surface area contributed by atoms with Crippen LogP contribution in [0.15, 0.2) is 24.3 Å². The molecule has 1 atom stereocenters. The largest absolute Gasteiger partial charge is 0.301 e. The van der Waals surface area contributed by atoms with Crippen molar-refractivity contribution >= 4 is 0 Å². The third-order valence-corrected chi connectivity index (χ3v) is 3.42. The molecule has 2 heteroatoms. The van der Waals surface area contributed by atoms with E-state index in [4.69, 9.17) is 5.26 Å². The molecule has 0 fully saturated rings. The Morgan fingerprint density at radius 3 is 2.21 bits per heavy atom. The molecule has 1 N–H and O–H groups in total. The lowest BCUT2D eigenvalue weighted by Crippen LogP contribution is -2.37. The number of hydrogen-bond donors (Lipinski definition) is 1. The monoisotopic (exact) mass is 258 g/mol. The highest BCUT2D eigenvalue weighted by Crippen LogP contribution is 2.23. The molecular weight excluding hydrogens is 232 g/mol. The number of hydrogen-bond acceptors (Lipinski definition) is 2. The van der Waals surface area contributed by atoms with Crippen LogP contribution in [0.4, 0.5) is 0 Å². The van der Waals surface area contributed by atoms with Crippen LogP contribution in [0.5, 0.6) is 0 Å². The van der Waals surface area contributed by atoms with Crippen molar-refractivity contribution in [2.75, 3.05) is 6.54 Å². The van der Waals surface area contributed by atoms with Gasteiger partial charge >= 0.3 is 0 Å². The van der Waals surface area contributed by atoms with Gasteiger partial charge in [0.05, 0.1) is 12.1 Å². The molecule has 0 bridgehead atoms. The summed E-state index contributed by atoms with van der Waals surface area (Å²) in [6, 6.07) is 11.0. The number of nitrogens with zero attached hydrogens (tertiary/aromatic N) is 1. The van der Waals surface area contributed by atoms with Crippen LogP contribution in [-0.2, 0) is 11.8 Å². The van der Waals surface area contributed by atoms with E-state index in [2.05, 4.69) is 63.3 Å². The van der Waals surface area contributed by atoms with Crippen LogP contribution >= 0.6 is 0 Å². The summed E-state index contributed by atoms with van der Waals surface area (Å²) in [7, 11) is 0. The van der Waals surface area contributed by atoms with E-state index in [9.17, 15) is 0 Å². The molecule has 0 aliphatic carbocycles. The number of nitriles is 1. The van der Waals surface area contributed by atoms with Gasteiger partial charge in [0.2, 0.25) is 0 Å². The van der Waals surface area contributed by atoms with Crippen molar-refractivity contribution in [3.05, 3.63) is 35.4 Å². The minimum atomic E-state index is -0.0977. The van der Waals surface area contributed by atoms with E-state index in [1.54, 1.807) is 0 Å². The maximum Gasteiger partial charge on any atom is 0.0924 e. The molecular formula is C17H26N2. The highest BCUT2D eigenvalue weighted by molar-refractivity contribution is 5.28. The maximum absolute atomic E-state index is 8.81. The van der Waals surface area contributed by atoms with Gasteiger partial charge in [-0.05, 0) is 30.4 Å². The van der Waals surface area contributed by atoms with Gasteiger partial charge in [-0.1, -0.05) is 52.0 Å². The van der Waals surface area contributed by atoms with Crippen LogP contribution in [0, 0.1) is 17.2 Å². The predicted molar refractivity (Wildman–Crippen MR) is 81.1 cm³/mol. The van der Waals surface area contributed by atoms with Crippen molar-refractivity contribution in [3.63, 3.8) is 0 Å². The van der Waals surface area contributed by atoms with E-state index in [0.717, 1.165) is 13.0 Å². The van der Waals surface area contributed by atoms with Gasteiger partial charge in [0.25, 0.3) is 0 Å². The van der Waals surface area contributed by atoms with E-state index in [1.165, 1.54) is 11.1 Å². The first-order valence-electron chi connectivity index (χ1n) is 7.07. The smallest absolute Gasteiger partial charge is 0.0924 e. The average Bonchev–Trinajstić information content (AvgIpc) is 2.36. The number of nitrogens with one attached hydrogen (secondary N) is 1. The summed E-state index contributed by atoms with van der Waals surface area (Å²) in [6.45, 7) is 11.6. The van der Waals surface area contributed by atoms with Crippen molar-refractivity contribution in [1.82, 2.24) is 5.32 Å². The zero-order valence-electron chi connectivity index (χ0n) is 12.8. The van der Waals surface area contributed by atoms with Crippen LogP contribution in [0.3, 0.4) is 0 Å². The van der Waals surface area contributed by atoms with Crippen molar-refractivity contribution in [1.29, 1.82) is 5.26 Å². The highest BCUT2D eigenvalue weighted by Gasteiger charge is 2.20. The fourth-order valence-corrected chi connectivity index (χ4v) is 2.12. The number of rotatable bonds is 6. The highest BCUT2D eigenvalue weighted by atomic mass is 14.9. The summed E-state index contributed by atoms with van der Waals surface area (Å²) in [5.74, 6) is 0.692. The Hall–Kier alpha value is -1.33. The Labute approximate surface area is 117 Å². The van der Waals surface area contributed by atoms with Gasteiger partial charge in [0.1, 0.15) is 0 Å². The minimum absolute atomic E-state index is 0.0431. The normalized spacial score (nSPS) is 13.3. The molecule has 0 aliphatic rings. The standard InChI is InChI=1S/C17H26N2/c1-13(2)10-15-6-8-16(9-7-15)17(4,5)12-19-14(3)11-18/h6-9,13-14,19H,10,12H2,1-5H3. The minimum Gasteiger partial charge on any atom is -0.301 e. The van der Waals surface area contributed by atoms with Gasteiger partial charge in [-0.15, -0.1) is 0 Å². The quantitative estimate of drug-likeness (QED) is 0.845. The summed E-state index contributed by atoms with van der Waals surface area (Å²) >= 11 is 0. The van der Waals surface area contributed by atoms with E-state index < -0.39 is 0 Å². The summed E-state index contributed by atoms with van der Waals surface area (Å²) in [5.41, 5.74) is 2.76. The molecule has 19 heavy (non-hydrogen) atoms. The van der Waals surface area contributed by atoms with Gasteiger partial charge in [-0.3, -0.25) is 0 Å². The van der Waals surface area contributed by atoms with Gasteiger partial charge in [0, 0.05) is 12.0 Å². The molecule has 0 spiro atoms. The van der Waals surface area contributed by atoms with Gasteiger partial charge in [0.15, 0.2) is 0 Å². The molecule has 0 amide bonds. The Kier molecular flexibility index (Phi) is 5.57. The zero-order chi connectivity index (χ0) is 14.5. The van der Waals surface area contributed by atoms with E-state index in [1.807, 2.05) is 6.92 Å². The van der Waals surface area contributed by atoms with E-state index >= 15 is 0 Å². The second kappa shape index (κ2) is 6.73. The first-order valence-corrected chi connectivity index (χ1v) is 7.07. The lowest BCUT2D eigenvalue weighted by Gasteiger charge is -2.26. The fraction of sp³-hybridized carbons (Fsp3) is 0.588. The van der Waals surface area contributed by atoms with Crippen LogP contribution in [0.25, 0.3) is 0 Å². The van der Waals surface area contributed by atoms with Gasteiger partial charge < -0.3 is 5.32 Å². The summed E-state index contributed by atoms with van der Waals surface area (Å²) in [4.78, 5) is 0. The second-order valence-electron chi connectivity index (χ2n) is 6.41. The average molecular weight is 258 g/mol. The molecule has 0 aliphatic heterocycles. The molecule has 1 unspecified atom stereocenters. The first-order chi connectivity index (χ1) is 8.85. The Balaban J connectivity index is 2.70. The van der Waals surface area contributed by atoms with Gasteiger partial charge in [-0.25, -0.2) is 0 Å². The second-order valence-corrected chi connectivity index (χ2v) is 6.41. The predicted octanol–water partition coefficient (Wildman–Crippen LogP) is 3.66. The van der Waals surface area contributed by atoms with Crippen molar-refractivity contribution in [2.24, 2.45) is 5.92 Å².